The number of nitrogens with one attached hydrogen (secondary N) is 1. The fourth-order valence-electron chi connectivity index (χ4n) is 1.40. The monoisotopic (exact) mass is 224 g/mol. The van der Waals surface area contributed by atoms with Gasteiger partial charge in [0.15, 0.2) is 0 Å². The molecule has 0 aliphatic rings. The van der Waals surface area contributed by atoms with Crippen LogP contribution in [0.4, 0.5) is 0 Å². The summed E-state index contributed by atoms with van der Waals surface area (Å²) in [6, 6.07) is 2.22. The van der Waals surface area contributed by atoms with Crippen molar-refractivity contribution in [3.8, 4) is 0 Å². The van der Waals surface area contributed by atoms with E-state index >= 15 is 0 Å². The van der Waals surface area contributed by atoms with Crippen LogP contribution in [0.25, 0.3) is 0 Å². The minimum absolute atomic E-state index is 0.152. The van der Waals surface area contributed by atoms with Crippen molar-refractivity contribution in [3.05, 3.63) is 18.5 Å². The molecule has 0 aliphatic carbocycles. The third-order valence-corrected chi connectivity index (χ3v) is 2.35. The Morgan fingerprint density at radius 2 is 2.31 bits per heavy atom. The normalized spacial score (nSPS) is 12.4. The van der Waals surface area contributed by atoms with Crippen LogP contribution in [0.5, 0.6) is 0 Å². The molecule has 0 bridgehead atoms. The van der Waals surface area contributed by atoms with Gasteiger partial charge in [-0.1, -0.05) is 0 Å². The molecule has 1 rings (SSSR count). The molecular formula is C11H20N4O. The summed E-state index contributed by atoms with van der Waals surface area (Å²) < 4.78 is 1.88. The van der Waals surface area contributed by atoms with Crippen LogP contribution in [0.3, 0.4) is 0 Å². The van der Waals surface area contributed by atoms with Crippen LogP contribution in [0.15, 0.2) is 18.5 Å². The van der Waals surface area contributed by atoms with Crippen LogP contribution >= 0.6 is 0 Å². The van der Waals surface area contributed by atoms with Gasteiger partial charge < -0.3 is 10.2 Å². The number of carbonyl (C=O) groups is 1. The van der Waals surface area contributed by atoms with Crippen LogP contribution in [0.2, 0.25) is 0 Å². The Morgan fingerprint density at radius 1 is 1.56 bits per heavy atom. The lowest BCUT2D eigenvalue weighted by atomic mass is 10.3. The second-order valence-electron chi connectivity index (χ2n) is 4.12. The van der Waals surface area contributed by atoms with Gasteiger partial charge in [0.05, 0.1) is 6.54 Å². The minimum atomic E-state index is 0.152. The van der Waals surface area contributed by atoms with E-state index in [0.29, 0.717) is 19.0 Å². The second kappa shape index (κ2) is 6.27. The van der Waals surface area contributed by atoms with E-state index in [0.717, 1.165) is 6.54 Å². The van der Waals surface area contributed by atoms with Gasteiger partial charge in [-0.25, -0.2) is 0 Å². The Kier molecular flexibility index (Phi) is 4.98. The van der Waals surface area contributed by atoms with E-state index in [-0.39, 0.29) is 5.91 Å². The van der Waals surface area contributed by atoms with E-state index in [2.05, 4.69) is 17.3 Å². The maximum Gasteiger partial charge on any atom is 0.223 e. The molecule has 1 aromatic heterocycles. The molecule has 1 N–H and O–H groups in total. The molecule has 0 aromatic carbocycles. The molecule has 0 aliphatic heterocycles. The third-order valence-electron chi connectivity index (χ3n) is 2.35. The number of carbonyl (C=O) groups excluding carboxylic acids is 1. The molecule has 0 saturated heterocycles. The van der Waals surface area contributed by atoms with Crippen molar-refractivity contribution in [2.45, 2.75) is 25.9 Å². The Balaban J connectivity index is 2.16. The van der Waals surface area contributed by atoms with Crippen molar-refractivity contribution in [3.63, 3.8) is 0 Å². The Labute approximate surface area is 96.4 Å². The highest BCUT2D eigenvalue weighted by Gasteiger charge is 2.06. The number of rotatable bonds is 6. The summed E-state index contributed by atoms with van der Waals surface area (Å²) >= 11 is 0. The van der Waals surface area contributed by atoms with Crippen LogP contribution in [0, 0.1) is 0 Å². The largest absolute Gasteiger partial charge is 0.349 e. The number of hydrogen-bond donors (Lipinski definition) is 1. The predicted molar refractivity (Wildman–Crippen MR) is 63.0 cm³/mol. The van der Waals surface area contributed by atoms with E-state index in [1.807, 2.05) is 16.9 Å². The second-order valence-corrected chi connectivity index (χ2v) is 4.12. The van der Waals surface area contributed by atoms with Gasteiger partial charge in [0, 0.05) is 45.5 Å². The van der Waals surface area contributed by atoms with Gasteiger partial charge in [-0.05, 0) is 13.0 Å². The van der Waals surface area contributed by atoms with Gasteiger partial charge in [-0.2, -0.15) is 5.10 Å². The van der Waals surface area contributed by atoms with Crippen LogP contribution in [-0.2, 0) is 11.3 Å². The highest BCUT2D eigenvalue weighted by atomic mass is 16.2. The zero-order valence-corrected chi connectivity index (χ0v) is 10.2. The zero-order valence-electron chi connectivity index (χ0n) is 10.2. The van der Waals surface area contributed by atoms with Crippen molar-refractivity contribution >= 4 is 5.91 Å². The first-order valence-electron chi connectivity index (χ1n) is 5.50. The SMILES string of the molecule is CC(Cn1cccn1)NCCC(=O)N(C)C. The van der Waals surface area contributed by atoms with E-state index in [1.165, 1.54) is 0 Å². The van der Waals surface area contributed by atoms with Crippen molar-refractivity contribution in [2.75, 3.05) is 20.6 Å². The number of aromatic nitrogens is 2. The van der Waals surface area contributed by atoms with E-state index in [1.54, 1.807) is 25.2 Å². The smallest absolute Gasteiger partial charge is 0.223 e. The zero-order chi connectivity index (χ0) is 12.0. The fraction of sp³-hybridized carbons (Fsp3) is 0.636. The van der Waals surface area contributed by atoms with Crippen molar-refractivity contribution in [1.82, 2.24) is 20.0 Å². The lowest BCUT2D eigenvalue weighted by molar-refractivity contribution is -0.128. The first-order valence-corrected chi connectivity index (χ1v) is 5.50. The third kappa shape index (κ3) is 4.44. The van der Waals surface area contributed by atoms with Crippen LogP contribution in [0.1, 0.15) is 13.3 Å². The summed E-state index contributed by atoms with van der Waals surface area (Å²) in [6.45, 7) is 3.62. The summed E-state index contributed by atoms with van der Waals surface area (Å²) in [6.07, 6.45) is 4.24. The molecule has 0 radical (unpaired) electrons. The lowest BCUT2D eigenvalue weighted by Crippen LogP contribution is -2.34. The average Bonchev–Trinajstić information content (AvgIpc) is 2.70. The van der Waals surface area contributed by atoms with E-state index in [4.69, 9.17) is 0 Å². The summed E-state index contributed by atoms with van der Waals surface area (Å²) in [5.74, 6) is 0.152. The maximum atomic E-state index is 11.3. The van der Waals surface area contributed by atoms with Crippen molar-refractivity contribution in [1.29, 1.82) is 0 Å². The minimum Gasteiger partial charge on any atom is -0.349 e. The molecule has 1 unspecified atom stereocenters. The molecule has 0 fully saturated rings. The number of amides is 1. The molecule has 5 heteroatoms. The molecule has 1 amide bonds. The molecule has 5 nitrogen and oxygen atoms in total. The highest BCUT2D eigenvalue weighted by Crippen LogP contribution is 1.92. The van der Waals surface area contributed by atoms with E-state index < -0.39 is 0 Å². The fourth-order valence-corrected chi connectivity index (χ4v) is 1.40. The molecule has 90 valence electrons. The number of hydrogen-bond acceptors (Lipinski definition) is 3. The molecule has 0 saturated carbocycles. The van der Waals surface area contributed by atoms with Crippen LogP contribution in [-0.4, -0.2) is 47.3 Å². The quantitative estimate of drug-likeness (QED) is 0.758. The Hall–Kier alpha value is -1.36. The highest BCUT2D eigenvalue weighted by molar-refractivity contribution is 5.75. The standard InChI is InChI=1S/C11H20N4O/c1-10(9-15-8-4-6-13-15)12-7-5-11(16)14(2)3/h4,6,8,10,12H,5,7,9H2,1-3H3. The first kappa shape index (κ1) is 12.7. The van der Waals surface area contributed by atoms with Crippen LogP contribution < -0.4 is 5.32 Å². The summed E-state index contributed by atoms with van der Waals surface area (Å²) in [5.41, 5.74) is 0. The van der Waals surface area contributed by atoms with Gasteiger partial charge in [0.1, 0.15) is 0 Å². The molecule has 1 aromatic rings. The van der Waals surface area contributed by atoms with Gasteiger partial charge in [-0.3, -0.25) is 9.48 Å². The lowest BCUT2D eigenvalue weighted by Gasteiger charge is -2.15. The maximum absolute atomic E-state index is 11.3. The van der Waals surface area contributed by atoms with Gasteiger partial charge in [-0.15, -0.1) is 0 Å². The topological polar surface area (TPSA) is 50.2 Å². The summed E-state index contributed by atoms with van der Waals surface area (Å²) in [7, 11) is 3.55. The molecule has 16 heavy (non-hydrogen) atoms. The average molecular weight is 224 g/mol. The van der Waals surface area contributed by atoms with Gasteiger partial charge in [0.25, 0.3) is 0 Å². The predicted octanol–water partition coefficient (Wildman–Crippen LogP) is 0.339. The molecule has 1 atom stereocenters. The summed E-state index contributed by atoms with van der Waals surface area (Å²) in [5, 5.41) is 7.43. The van der Waals surface area contributed by atoms with Gasteiger partial charge >= 0.3 is 0 Å². The Morgan fingerprint density at radius 3 is 2.88 bits per heavy atom. The Bertz CT molecular complexity index is 308. The van der Waals surface area contributed by atoms with Crippen molar-refractivity contribution in [2.24, 2.45) is 0 Å². The molecule has 1 heterocycles. The van der Waals surface area contributed by atoms with E-state index in [9.17, 15) is 4.79 Å². The van der Waals surface area contributed by atoms with Crippen molar-refractivity contribution < 1.29 is 4.79 Å². The molecular weight excluding hydrogens is 204 g/mol. The summed E-state index contributed by atoms with van der Waals surface area (Å²) in [4.78, 5) is 12.9. The molecule has 0 spiro atoms. The number of nitrogens with zero attached hydrogens (tertiary/aromatic N) is 3. The van der Waals surface area contributed by atoms with Gasteiger partial charge in [0.2, 0.25) is 5.91 Å². The first-order chi connectivity index (χ1) is 7.59.